The highest BCUT2D eigenvalue weighted by Gasteiger charge is 2.71. The molecular weight excluding hydrogens is 448 g/mol. The van der Waals surface area contributed by atoms with E-state index in [0.29, 0.717) is 11.8 Å². The van der Waals surface area contributed by atoms with Crippen molar-refractivity contribution in [2.45, 2.75) is 124 Å². The Morgan fingerprint density at radius 2 is 1.72 bits per heavy atom. The number of hydrogen-bond donors (Lipinski definition) is 1. The van der Waals surface area contributed by atoms with Crippen LogP contribution in [-0.2, 0) is 14.3 Å². The first-order valence-electron chi connectivity index (χ1n) is 14.6. The first-order chi connectivity index (χ1) is 16.6. The average molecular weight is 497 g/mol. The van der Waals surface area contributed by atoms with Crippen molar-refractivity contribution >= 4 is 5.97 Å². The van der Waals surface area contributed by atoms with Crippen molar-refractivity contribution in [3.63, 3.8) is 0 Å². The first kappa shape index (κ1) is 25.2. The van der Waals surface area contributed by atoms with Crippen molar-refractivity contribution in [3.05, 3.63) is 23.8 Å². The van der Waals surface area contributed by atoms with Gasteiger partial charge < -0.3 is 14.6 Å². The van der Waals surface area contributed by atoms with E-state index >= 15 is 0 Å². The summed E-state index contributed by atoms with van der Waals surface area (Å²) < 4.78 is 13.1. The summed E-state index contributed by atoms with van der Waals surface area (Å²) in [5.41, 5.74) is 2.53. The molecule has 0 aromatic rings. The molecular formula is C32H48O4. The molecule has 0 radical (unpaired) electrons. The number of aliphatic carboxylic acids is 1. The second-order valence-corrected chi connectivity index (χ2v) is 15.4. The van der Waals surface area contributed by atoms with E-state index in [0.717, 1.165) is 44.9 Å². The van der Waals surface area contributed by atoms with Crippen LogP contribution in [0.5, 0.6) is 0 Å². The summed E-state index contributed by atoms with van der Waals surface area (Å²) in [6.45, 7) is 21.0. The van der Waals surface area contributed by atoms with Gasteiger partial charge in [0.2, 0.25) is 0 Å². The Kier molecular flexibility index (Phi) is 5.09. The lowest BCUT2D eigenvalue weighted by molar-refractivity contribution is -0.211. The maximum Gasteiger partial charge on any atom is 0.310 e. The van der Waals surface area contributed by atoms with Crippen LogP contribution in [0.3, 0.4) is 0 Å². The van der Waals surface area contributed by atoms with E-state index in [2.05, 4.69) is 61.1 Å². The molecule has 4 saturated carbocycles. The quantitative estimate of drug-likeness (QED) is 0.381. The van der Waals surface area contributed by atoms with Gasteiger partial charge in [-0.3, -0.25) is 4.79 Å². The Hall–Kier alpha value is -1.13. The van der Waals surface area contributed by atoms with E-state index in [1.165, 1.54) is 24.0 Å². The fourth-order valence-corrected chi connectivity index (χ4v) is 11.3. The lowest BCUT2D eigenvalue weighted by Gasteiger charge is -2.71. The van der Waals surface area contributed by atoms with Crippen molar-refractivity contribution in [2.24, 2.45) is 44.8 Å². The molecule has 4 heteroatoms. The van der Waals surface area contributed by atoms with E-state index < -0.39 is 17.2 Å². The Labute approximate surface area is 218 Å². The van der Waals surface area contributed by atoms with Crippen LogP contribution in [0.4, 0.5) is 0 Å². The number of rotatable bonds is 1. The molecule has 6 aliphatic rings. The summed E-state index contributed by atoms with van der Waals surface area (Å²) in [4.78, 5) is 12.7. The zero-order valence-electron chi connectivity index (χ0n) is 23.7. The topological polar surface area (TPSA) is 55.8 Å². The second-order valence-electron chi connectivity index (χ2n) is 15.4. The Morgan fingerprint density at radius 1 is 1.00 bits per heavy atom. The van der Waals surface area contributed by atoms with Gasteiger partial charge in [-0.15, -0.1) is 0 Å². The molecule has 36 heavy (non-hydrogen) atoms. The van der Waals surface area contributed by atoms with Crippen molar-refractivity contribution in [2.75, 3.05) is 0 Å². The molecule has 6 rings (SSSR count). The molecule has 1 N–H and O–H groups in total. The van der Waals surface area contributed by atoms with Gasteiger partial charge >= 0.3 is 5.97 Å². The smallest absolute Gasteiger partial charge is 0.310 e. The highest BCUT2D eigenvalue weighted by atomic mass is 16.8. The van der Waals surface area contributed by atoms with Gasteiger partial charge in [-0.25, -0.2) is 0 Å². The number of allylic oxidation sites excluding steroid dienone is 3. The van der Waals surface area contributed by atoms with Gasteiger partial charge in [-0.2, -0.15) is 0 Å². The zero-order valence-corrected chi connectivity index (χ0v) is 23.7. The highest BCUT2D eigenvalue weighted by molar-refractivity contribution is 5.77. The van der Waals surface area contributed by atoms with Gasteiger partial charge in [0.15, 0.2) is 5.79 Å². The van der Waals surface area contributed by atoms with E-state index in [9.17, 15) is 9.90 Å². The molecule has 0 aromatic heterocycles. The van der Waals surface area contributed by atoms with Crippen LogP contribution in [-0.4, -0.2) is 29.1 Å². The van der Waals surface area contributed by atoms with E-state index in [1.807, 2.05) is 0 Å². The summed E-state index contributed by atoms with van der Waals surface area (Å²) >= 11 is 0. The Balaban J connectivity index is 1.43. The molecule has 1 saturated heterocycles. The standard InChI is InChI=1S/C32H48O4/c1-19-11-14-32(26(33)34)16-15-30(7)20(21(32)17-19)9-10-24-29(6)18-22-25(36-28(4,5)35-22)27(2,3)23(29)12-13-31(24,30)8/h9,21-25H,1,10-18H2,2-8H3,(H,33,34)/t21-,22+,23-,24+,25-,29-,30+,31+,32-/m0/s1. The molecule has 5 fully saturated rings. The van der Waals surface area contributed by atoms with Gasteiger partial charge in [-0.1, -0.05) is 58.4 Å². The van der Waals surface area contributed by atoms with Crippen LogP contribution in [0.1, 0.15) is 106 Å². The molecule has 5 aliphatic carbocycles. The number of hydrogen-bond acceptors (Lipinski definition) is 3. The van der Waals surface area contributed by atoms with Crippen LogP contribution >= 0.6 is 0 Å². The molecule has 0 unspecified atom stereocenters. The third kappa shape index (κ3) is 2.92. The maximum atomic E-state index is 12.7. The number of carboxylic acid groups (broad SMARTS) is 1. The molecule has 0 amide bonds. The number of carbonyl (C=O) groups is 1. The summed E-state index contributed by atoms with van der Waals surface area (Å²) in [6.07, 6.45) is 11.6. The molecule has 1 aliphatic heterocycles. The van der Waals surface area contributed by atoms with Crippen LogP contribution in [0.2, 0.25) is 0 Å². The van der Waals surface area contributed by atoms with E-state index in [4.69, 9.17) is 9.47 Å². The van der Waals surface area contributed by atoms with E-state index in [1.54, 1.807) is 0 Å². The lowest BCUT2D eigenvalue weighted by atomic mass is 9.33. The van der Waals surface area contributed by atoms with Crippen LogP contribution in [0.15, 0.2) is 23.8 Å². The second kappa shape index (κ2) is 7.29. The van der Waals surface area contributed by atoms with Gasteiger partial charge in [-0.05, 0) is 105 Å². The fraction of sp³-hybridized carbons (Fsp3) is 0.844. The minimum absolute atomic E-state index is 0.0401. The monoisotopic (exact) mass is 496 g/mol. The lowest BCUT2D eigenvalue weighted by Crippen LogP contribution is -2.66. The van der Waals surface area contributed by atoms with Crippen LogP contribution < -0.4 is 0 Å². The first-order valence-corrected chi connectivity index (χ1v) is 14.6. The third-order valence-corrected chi connectivity index (χ3v) is 13.2. The van der Waals surface area contributed by atoms with Crippen LogP contribution in [0.25, 0.3) is 0 Å². The normalized spacial score (nSPS) is 52.7. The summed E-state index contributed by atoms with van der Waals surface area (Å²) in [6, 6.07) is 0. The van der Waals surface area contributed by atoms with Crippen molar-refractivity contribution in [1.29, 1.82) is 0 Å². The number of ether oxygens (including phenoxy) is 2. The SMILES string of the molecule is C=C1CC[C@]2(C(=O)O)CC[C@]3(C)C(=CC[C@@H]4[C@@]5(C)C[C@H]6OC(C)(C)O[C@@H]6C(C)(C)[C@@H]5CC[C@]43C)[C@@H]2C1. The zero-order chi connectivity index (χ0) is 26.1. The number of fused-ring (bicyclic) bond motifs is 8. The summed E-state index contributed by atoms with van der Waals surface area (Å²) in [5.74, 6) is 0.175. The molecule has 0 aromatic carbocycles. The van der Waals surface area contributed by atoms with Gasteiger partial charge in [0.25, 0.3) is 0 Å². The van der Waals surface area contributed by atoms with Crippen molar-refractivity contribution in [1.82, 2.24) is 0 Å². The minimum atomic E-state index is -0.600. The summed E-state index contributed by atoms with van der Waals surface area (Å²) in [7, 11) is 0. The summed E-state index contributed by atoms with van der Waals surface area (Å²) in [5, 5.41) is 10.5. The Morgan fingerprint density at radius 3 is 2.42 bits per heavy atom. The van der Waals surface area contributed by atoms with Crippen molar-refractivity contribution < 1.29 is 19.4 Å². The van der Waals surface area contributed by atoms with Gasteiger partial charge in [0.1, 0.15) is 0 Å². The van der Waals surface area contributed by atoms with Crippen LogP contribution in [0, 0.1) is 44.8 Å². The molecule has 1 heterocycles. The fourth-order valence-electron chi connectivity index (χ4n) is 11.3. The predicted octanol–water partition coefficient (Wildman–Crippen LogP) is 7.53. The largest absolute Gasteiger partial charge is 0.481 e. The molecule has 4 nitrogen and oxygen atoms in total. The van der Waals surface area contributed by atoms with Gasteiger partial charge in [0, 0.05) is 5.92 Å². The molecule has 0 spiro atoms. The average Bonchev–Trinajstić information content (AvgIpc) is 3.08. The predicted molar refractivity (Wildman–Crippen MR) is 141 cm³/mol. The van der Waals surface area contributed by atoms with E-state index in [-0.39, 0.29) is 39.8 Å². The highest BCUT2D eigenvalue weighted by Crippen LogP contribution is 2.76. The number of carboxylic acids is 1. The Bertz CT molecular complexity index is 1040. The molecule has 200 valence electrons. The van der Waals surface area contributed by atoms with Gasteiger partial charge in [0.05, 0.1) is 17.6 Å². The molecule has 0 bridgehead atoms. The molecule has 9 atom stereocenters. The third-order valence-electron chi connectivity index (χ3n) is 13.2. The minimum Gasteiger partial charge on any atom is -0.481 e. The maximum absolute atomic E-state index is 12.7. The van der Waals surface area contributed by atoms with Crippen molar-refractivity contribution in [3.8, 4) is 0 Å².